The zero-order chi connectivity index (χ0) is 11.5. The molecular formula is C10H16O3S. The van der Waals surface area contributed by atoms with Gasteiger partial charge in [-0.05, 0) is 13.8 Å². The van der Waals surface area contributed by atoms with E-state index in [9.17, 15) is 14.7 Å². The van der Waals surface area contributed by atoms with Crippen molar-refractivity contribution in [1.82, 2.24) is 0 Å². The van der Waals surface area contributed by atoms with Crippen molar-refractivity contribution >= 4 is 22.7 Å². The van der Waals surface area contributed by atoms with Crippen LogP contribution in [-0.4, -0.2) is 20.8 Å². The number of hydrogen-bond acceptors (Lipinski definition) is 4. The quantitative estimate of drug-likeness (QED) is 0.333. The number of aliphatic hydroxyl groups is 1. The first kappa shape index (κ1) is 13.2. The van der Waals surface area contributed by atoms with E-state index in [0.717, 1.165) is 11.8 Å². The number of carbonyl (C=O) groups is 2. The maximum absolute atomic E-state index is 11.6. The summed E-state index contributed by atoms with van der Waals surface area (Å²) in [6.07, 6.45) is 0. The molecule has 0 heterocycles. The Morgan fingerprint density at radius 1 is 1.14 bits per heavy atom. The van der Waals surface area contributed by atoms with E-state index in [1.807, 2.05) is 20.8 Å². The Hall–Kier alpha value is -0.770. The Morgan fingerprint density at radius 3 is 1.79 bits per heavy atom. The van der Waals surface area contributed by atoms with Gasteiger partial charge in [0.15, 0.2) is 5.78 Å². The summed E-state index contributed by atoms with van der Waals surface area (Å²) in [7, 11) is 0. The molecule has 0 aromatic rings. The van der Waals surface area contributed by atoms with E-state index in [-0.39, 0.29) is 21.2 Å². The summed E-state index contributed by atoms with van der Waals surface area (Å²) < 4.78 is -0.257. The Labute approximate surface area is 88.6 Å². The minimum absolute atomic E-state index is 0.107. The number of aliphatic hydroxyl groups excluding tert-OH is 1. The predicted octanol–water partition coefficient (Wildman–Crippen LogP) is 2.47. The number of thioether (sulfide) groups is 1. The average molecular weight is 216 g/mol. The number of Topliss-reactive ketones (excluding diaryl/α,β-unsaturated/α-hetero) is 1. The molecule has 0 bridgehead atoms. The van der Waals surface area contributed by atoms with Gasteiger partial charge in [-0.15, -0.1) is 0 Å². The average Bonchev–Trinajstić information content (AvgIpc) is 1.78. The maximum atomic E-state index is 11.6. The number of ketones is 1. The molecule has 1 N–H and O–H groups in total. The van der Waals surface area contributed by atoms with Gasteiger partial charge in [0, 0.05) is 4.75 Å². The molecule has 0 aliphatic heterocycles. The molecule has 0 saturated heterocycles. The summed E-state index contributed by atoms with van der Waals surface area (Å²) in [5, 5.41) is 8.80. The smallest absolute Gasteiger partial charge is 0.226 e. The molecule has 4 heteroatoms. The summed E-state index contributed by atoms with van der Waals surface area (Å²) in [5.74, 6) is -0.606. The summed E-state index contributed by atoms with van der Waals surface area (Å²) in [6, 6.07) is 0. The van der Waals surface area contributed by atoms with Gasteiger partial charge in [0.25, 0.3) is 0 Å². The van der Waals surface area contributed by atoms with Crippen molar-refractivity contribution < 1.29 is 14.7 Å². The number of carbonyl (C=O) groups excluding carboxylic acids is 2. The van der Waals surface area contributed by atoms with Crippen LogP contribution in [0.15, 0.2) is 11.3 Å². The molecular weight excluding hydrogens is 200 g/mol. The van der Waals surface area contributed by atoms with E-state index in [0.29, 0.717) is 0 Å². The molecule has 0 aromatic carbocycles. The highest BCUT2D eigenvalue weighted by Gasteiger charge is 2.24. The Balaban J connectivity index is 4.84. The zero-order valence-corrected chi connectivity index (χ0v) is 9.99. The van der Waals surface area contributed by atoms with Crippen LogP contribution in [0.4, 0.5) is 0 Å². The number of hydrogen-bond donors (Lipinski definition) is 1. The van der Waals surface area contributed by atoms with Crippen molar-refractivity contribution in [3.05, 3.63) is 11.3 Å². The number of allylic oxidation sites excluding steroid dienone is 1. The van der Waals surface area contributed by atoms with E-state index in [1.165, 1.54) is 13.8 Å². The fourth-order valence-electron chi connectivity index (χ4n) is 0.875. The largest absolute Gasteiger partial charge is 0.512 e. The summed E-state index contributed by atoms with van der Waals surface area (Å²) in [4.78, 5) is 22.6. The fourth-order valence-corrected chi connectivity index (χ4v) is 1.82. The summed E-state index contributed by atoms with van der Waals surface area (Å²) in [5.41, 5.74) is -0.107. The Bertz CT molecular complexity index is 280. The molecule has 14 heavy (non-hydrogen) atoms. The lowest BCUT2D eigenvalue weighted by atomic mass is 10.2. The first-order valence-electron chi connectivity index (χ1n) is 4.29. The van der Waals surface area contributed by atoms with Gasteiger partial charge in [0.1, 0.15) is 11.3 Å². The van der Waals surface area contributed by atoms with E-state index in [4.69, 9.17) is 0 Å². The standard InChI is InChI=1S/C10H16O3S/c1-6(11)8(7(2)12)9(13)14-10(3,4)5/h11H,1-5H3/b8-6+. The molecule has 0 atom stereocenters. The van der Waals surface area contributed by atoms with E-state index < -0.39 is 5.78 Å². The van der Waals surface area contributed by atoms with Crippen molar-refractivity contribution in [1.29, 1.82) is 0 Å². The lowest BCUT2D eigenvalue weighted by Crippen LogP contribution is -2.17. The molecule has 0 spiro atoms. The van der Waals surface area contributed by atoms with Crippen molar-refractivity contribution in [2.75, 3.05) is 0 Å². The molecule has 0 unspecified atom stereocenters. The molecule has 0 radical (unpaired) electrons. The van der Waals surface area contributed by atoms with Crippen molar-refractivity contribution in [3.63, 3.8) is 0 Å². The predicted molar refractivity (Wildman–Crippen MR) is 58.4 cm³/mol. The van der Waals surface area contributed by atoms with Crippen LogP contribution in [0.25, 0.3) is 0 Å². The second kappa shape index (κ2) is 4.64. The maximum Gasteiger partial charge on any atom is 0.226 e. The van der Waals surface area contributed by atoms with Gasteiger partial charge in [-0.3, -0.25) is 9.59 Å². The first-order valence-corrected chi connectivity index (χ1v) is 5.11. The molecule has 0 fully saturated rings. The molecule has 0 amide bonds. The Kier molecular flexibility index (Phi) is 4.39. The third-order valence-corrected chi connectivity index (χ3v) is 2.32. The molecule has 0 aliphatic rings. The van der Waals surface area contributed by atoms with Gasteiger partial charge in [0.05, 0.1) is 0 Å². The molecule has 0 aliphatic carbocycles. The third-order valence-electron chi connectivity index (χ3n) is 1.32. The second-order valence-electron chi connectivity index (χ2n) is 4.02. The highest BCUT2D eigenvalue weighted by molar-refractivity contribution is 8.15. The van der Waals surface area contributed by atoms with Crippen LogP contribution in [0.5, 0.6) is 0 Å². The normalized spacial score (nSPS) is 13.5. The van der Waals surface area contributed by atoms with E-state index in [2.05, 4.69) is 0 Å². The van der Waals surface area contributed by atoms with Gasteiger partial charge < -0.3 is 5.11 Å². The van der Waals surface area contributed by atoms with E-state index in [1.54, 1.807) is 0 Å². The molecule has 0 aromatic heterocycles. The topological polar surface area (TPSA) is 54.4 Å². The lowest BCUT2D eigenvalue weighted by Gasteiger charge is -2.16. The number of rotatable bonds is 2. The highest BCUT2D eigenvalue weighted by Crippen LogP contribution is 2.27. The first-order chi connectivity index (χ1) is 6.15. The summed E-state index contributed by atoms with van der Waals surface area (Å²) >= 11 is 1.04. The molecule has 0 rings (SSSR count). The van der Waals surface area contributed by atoms with Crippen LogP contribution in [-0.2, 0) is 9.59 Å². The lowest BCUT2D eigenvalue weighted by molar-refractivity contribution is -0.117. The zero-order valence-electron chi connectivity index (χ0n) is 9.17. The van der Waals surface area contributed by atoms with Crippen LogP contribution in [0, 0.1) is 0 Å². The van der Waals surface area contributed by atoms with Crippen molar-refractivity contribution in [2.45, 2.75) is 39.4 Å². The molecule has 80 valence electrons. The van der Waals surface area contributed by atoms with Crippen molar-refractivity contribution in [2.24, 2.45) is 0 Å². The SMILES string of the molecule is CC(=O)/C(C(=O)SC(C)(C)C)=C(/C)O. The van der Waals surface area contributed by atoms with Crippen LogP contribution < -0.4 is 0 Å². The van der Waals surface area contributed by atoms with Crippen LogP contribution in [0.1, 0.15) is 34.6 Å². The van der Waals surface area contributed by atoms with Gasteiger partial charge in [-0.25, -0.2) is 0 Å². The summed E-state index contributed by atoms with van der Waals surface area (Å²) in [6.45, 7) is 8.24. The highest BCUT2D eigenvalue weighted by atomic mass is 32.2. The fraction of sp³-hybridized carbons (Fsp3) is 0.600. The van der Waals surface area contributed by atoms with E-state index >= 15 is 0 Å². The van der Waals surface area contributed by atoms with Gasteiger partial charge in [-0.2, -0.15) is 0 Å². The third kappa shape index (κ3) is 4.46. The van der Waals surface area contributed by atoms with Gasteiger partial charge in [0.2, 0.25) is 5.12 Å². The monoisotopic (exact) mass is 216 g/mol. The minimum atomic E-state index is -0.397. The van der Waals surface area contributed by atoms with Gasteiger partial charge >= 0.3 is 0 Å². The van der Waals surface area contributed by atoms with Crippen molar-refractivity contribution in [3.8, 4) is 0 Å². The minimum Gasteiger partial charge on any atom is -0.512 e. The van der Waals surface area contributed by atoms with Crippen LogP contribution in [0.2, 0.25) is 0 Å². The Morgan fingerprint density at radius 2 is 1.57 bits per heavy atom. The second-order valence-corrected chi connectivity index (χ2v) is 5.82. The molecule has 0 saturated carbocycles. The van der Waals surface area contributed by atoms with Crippen LogP contribution >= 0.6 is 11.8 Å². The van der Waals surface area contributed by atoms with Gasteiger partial charge in [-0.1, -0.05) is 32.5 Å². The molecule has 3 nitrogen and oxygen atoms in total. The van der Waals surface area contributed by atoms with Crippen LogP contribution in [0.3, 0.4) is 0 Å².